The molecule has 8 nitrogen and oxygen atoms in total. The van der Waals surface area contributed by atoms with Crippen LogP contribution in [0.4, 0.5) is 0 Å². The molecule has 39 heavy (non-hydrogen) atoms. The van der Waals surface area contributed by atoms with Gasteiger partial charge in [-0.25, -0.2) is 9.97 Å². The third-order valence-corrected chi connectivity index (χ3v) is 7.67. The third-order valence-electron chi connectivity index (χ3n) is 6.07. The molecule has 198 valence electrons. The summed E-state index contributed by atoms with van der Waals surface area (Å²) in [4.78, 5) is 47.6. The molecule has 11 heteroatoms. The Bertz CT molecular complexity index is 1800. The number of halogens is 2. The average Bonchev–Trinajstić information content (AvgIpc) is 2.93. The minimum absolute atomic E-state index is 0.133. The summed E-state index contributed by atoms with van der Waals surface area (Å²) < 4.78 is 2.97. The van der Waals surface area contributed by atoms with Gasteiger partial charge in [0.15, 0.2) is 5.16 Å². The maximum Gasteiger partial charge on any atom is 0.262 e. The zero-order chi connectivity index (χ0) is 27.4. The molecule has 0 bridgehead atoms. The van der Waals surface area contributed by atoms with Gasteiger partial charge in [-0.1, -0.05) is 65.3 Å². The van der Waals surface area contributed by atoms with Crippen LogP contribution < -0.4 is 16.4 Å². The first-order valence-corrected chi connectivity index (χ1v) is 13.9. The number of para-hydroxylation sites is 1. The zero-order valence-electron chi connectivity index (χ0n) is 20.6. The number of hydrogen-bond donors (Lipinski definition) is 1. The van der Waals surface area contributed by atoms with E-state index in [1.807, 2.05) is 24.3 Å². The van der Waals surface area contributed by atoms with Crippen LogP contribution in [0, 0.1) is 0 Å². The average molecular weight is 580 g/mol. The highest BCUT2D eigenvalue weighted by Gasteiger charge is 2.14. The second-order valence-corrected chi connectivity index (χ2v) is 10.6. The van der Waals surface area contributed by atoms with Crippen molar-refractivity contribution in [2.24, 2.45) is 0 Å². The number of pyridine rings is 1. The smallest absolute Gasteiger partial charge is 0.262 e. The van der Waals surface area contributed by atoms with Crippen LogP contribution in [0.2, 0.25) is 10.0 Å². The van der Waals surface area contributed by atoms with Crippen molar-refractivity contribution in [1.82, 2.24) is 24.3 Å². The van der Waals surface area contributed by atoms with Crippen molar-refractivity contribution >= 4 is 57.4 Å². The van der Waals surface area contributed by atoms with Crippen molar-refractivity contribution in [2.45, 2.75) is 36.8 Å². The van der Waals surface area contributed by atoms with Gasteiger partial charge in [-0.2, -0.15) is 0 Å². The van der Waals surface area contributed by atoms with Crippen molar-refractivity contribution in [1.29, 1.82) is 0 Å². The monoisotopic (exact) mass is 579 g/mol. The number of benzene rings is 2. The van der Waals surface area contributed by atoms with E-state index in [-0.39, 0.29) is 23.4 Å². The summed E-state index contributed by atoms with van der Waals surface area (Å²) in [5.41, 5.74) is 2.03. The molecule has 1 amide bonds. The molecule has 0 saturated heterocycles. The molecule has 5 rings (SSSR count). The lowest BCUT2D eigenvalue weighted by atomic mass is 10.2. The van der Waals surface area contributed by atoms with E-state index in [0.29, 0.717) is 62.7 Å². The Morgan fingerprint density at radius 2 is 1.77 bits per heavy atom. The van der Waals surface area contributed by atoms with E-state index in [1.165, 1.54) is 28.4 Å². The molecule has 0 fully saturated rings. The number of thioether (sulfide) groups is 1. The predicted molar refractivity (Wildman–Crippen MR) is 155 cm³/mol. The van der Waals surface area contributed by atoms with E-state index in [2.05, 4.69) is 10.3 Å². The highest BCUT2D eigenvalue weighted by molar-refractivity contribution is 7.98. The maximum atomic E-state index is 13.4. The Kier molecular flexibility index (Phi) is 8.30. The van der Waals surface area contributed by atoms with Crippen LogP contribution in [0.15, 0.2) is 87.7 Å². The van der Waals surface area contributed by atoms with Crippen LogP contribution in [0.25, 0.3) is 16.6 Å². The summed E-state index contributed by atoms with van der Waals surface area (Å²) in [6, 6.07) is 19.3. The Morgan fingerprint density at radius 1 is 0.974 bits per heavy atom. The fraction of sp³-hybridized carbons (Fsp3) is 0.179. The summed E-state index contributed by atoms with van der Waals surface area (Å²) in [6.07, 6.45) is 2.20. The quantitative estimate of drug-likeness (QED) is 0.193. The maximum absolute atomic E-state index is 13.4. The van der Waals surface area contributed by atoms with Gasteiger partial charge in [-0.15, -0.1) is 0 Å². The van der Waals surface area contributed by atoms with Gasteiger partial charge in [0.05, 0.1) is 21.6 Å². The van der Waals surface area contributed by atoms with Gasteiger partial charge in [0.1, 0.15) is 5.65 Å². The van der Waals surface area contributed by atoms with E-state index in [9.17, 15) is 14.4 Å². The molecule has 1 N–H and O–H groups in total. The number of rotatable bonds is 9. The summed E-state index contributed by atoms with van der Waals surface area (Å²) in [5.74, 6) is 0.198. The van der Waals surface area contributed by atoms with Crippen molar-refractivity contribution in [3.63, 3.8) is 0 Å². The molecule has 3 aromatic heterocycles. The fourth-order valence-electron chi connectivity index (χ4n) is 4.12. The van der Waals surface area contributed by atoms with Crippen LogP contribution >= 0.6 is 35.0 Å². The number of aromatic nitrogens is 4. The second kappa shape index (κ2) is 12.0. The third kappa shape index (κ3) is 6.33. The number of hydrogen-bond acceptors (Lipinski definition) is 6. The van der Waals surface area contributed by atoms with Gasteiger partial charge in [-0.05, 0) is 42.3 Å². The largest absolute Gasteiger partial charge is 0.352 e. The molecule has 0 aliphatic heterocycles. The number of nitrogens with one attached hydrogen (secondary N) is 1. The summed E-state index contributed by atoms with van der Waals surface area (Å²) in [5, 5.41) is 4.91. The standard InChI is InChI=1S/C28H23Cl2N5O3S/c29-19-11-12-24-32-20(14-26(37)35(24)16-19)17-39-28-33-23-9-4-2-7-21(23)27(38)34(28)13-5-10-25(36)31-15-18-6-1-3-8-22(18)30/h1-4,6-9,11-12,14,16H,5,10,13,15,17H2,(H,31,36). The fourth-order valence-corrected chi connectivity index (χ4v) is 5.40. The number of amides is 1. The topological polar surface area (TPSA) is 98.4 Å². The minimum atomic E-state index is -0.246. The number of carbonyl (C=O) groups excluding carboxylic acids is 1. The Hall–Kier alpha value is -3.66. The zero-order valence-corrected chi connectivity index (χ0v) is 23.0. The van der Waals surface area contributed by atoms with Crippen LogP contribution in [-0.2, 0) is 23.6 Å². The van der Waals surface area contributed by atoms with Crippen LogP contribution in [0.3, 0.4) is 0 Å². The van der Waals surface area contributed by atoms with Gasteiger partial charge >= 0.3 is 0 Å². The molecule has 0 aliphatic carbocycles. The lowest BCUT2D eigenvalue weighted by Crippen LogP contribution is -2.26. The van der Waals surface area contributed by atoms with Gasteiger partial charge in [0.2, 0.25) is 5.91 Å². The molecule has 0 unspecified atom stereocenters. The number of carbonyl (C=O) groups is 1. The molecule has 0 atom stereocenters. The summed E-state index contributed by atoms with van der Waals surface area (Å²) >= 11 is 13.5. The van der Waals surface area contributed by atoms with Gasteiger partial charge < -0.3 is 5.32 Å². The molecule has 0 saturated carbocycles. The minimum Gasteiger partial charge on any atom is -0.352 e. The molecular formula is C28H23Cl2N5O3S. The number of nitrogens with zero attached hydrogens (tertiary/aromatic N) is 4. The molecule has 0 radical (unpaired) electrons. The normalized spacial score (nSPS) is 11.2. The highest BCUT2D eigenvalue weighted by Crippen LogP contribution is 2.22. The first kappa shape index (κ1) is 26.9. The van der Waals surface area contributed by atoms with E-state index in [4.69, 9.17) is 28.2 Å². The van der Waals surface area contributed by atoms with Crippen molar-refractivity contribution in [3.8, 4) is 0 Å². The highest BCUT2D eigenvalue weighted by atomic mass is 35.5. The van der Waals surface area contributed by atoms with E-state index >= 15 is 0 Å². The molecule has 5 aromatic rings. The molecule has 0 spiro atoms. The lowest BCUT2D eigenvalue weighted by molar-refractivity contribution is -0.121. The van der Waals surface area contributed by atoms with Gasteiger partial charge in [-0.3, -0.25) is 23.4 Å². The van der Waals surface area contributed by atoms with Crippen molar-refractivity contribution < 1.29 is 4.79 Å². The van der Waals surface area contributed by atoms with Gasteiger partial charge in [0.25, 0.3) is 11.1 Å². The van der Waals surface area contributed by atoms with E-state index in [1.54, 1.807) is 41.0 Å². The Balaban J connectivity index is 1.32. The molecule has 3 heterocycles. The van der Waals surface area contributed by atoms with Crippen LogP contribution in [0.5, 0.6) is 0 Å². The predicted octanol–water partition coefficient (Wildman–Crippen LogP) is 5.10. The Labute approximate surface area is 237 Å². The Morgan fingerprint density at radius 3 is 2.62 bits per heavy atom. The molecular weight excluding hydrogens is 557 g/mol. The number of fused-ring (bicyclic) bond motifs is 2. The van der Waals surface area contributed by atoms with E-state index < -0.39 is 0 Å². The van der Waals surface area contributed by atoms with Crippen molar-refractivity contribution in [2.75, 3.05) is 0 Å². The molecule has 2 aromatic carbocycles. The van der Waals surface area contributed by atoms with Crippen LogP contribution in [-0.4, -0.2) is 24.8 Å². The lowest BCUT2D eigenvalue weighted by Gasteiger charge is -2.13. The van der Waals surface area contributed by atoms with Crippen LogP contribution in [0.1, 0.15) is 24.1 Å². The van der Waals surface area contributed by atoms with Gasteiger partial charge in [0, 0.05) is 42.5 Å². The summed E-state index contributed by atoms with van der Waals surface area (Å²) in [6.45, 7) is 0.646. The first-order chi connectivity index (χ1) is 18.9. The second-order valence-electron chi connectivity index (χ2n) is 8.79. The molecule has 0 aliphatic rings. The van der Waals surface area contributed by atoms with Crippen molar-refractivity contribution in [3.05, 3.63) is 115 Å². The summed E-state index contributed by atoms with van der Waals surface area (Å²) in [7, 11) is 0. The van der Waals surface area contributed by atoms with E-state index in [0.717, 1.165) is 5.56 Å². The first-order valence-electron chi connectivity index (χ1n) is 12.2. The SMILES string of the molecule is O=C(CCCn1c(SCc2cc(=O)n3cc(Cl)ccc3n2)nc2ccccc2c1=O)NCc1ccccc1Cl.